The summed E-state index contributed by atoms with van der Waals surface area (Å²) in [7, 11) is 0. The van der Waals surface area contributed by atoms with Crippen LogP contribution in [-0.4, -0.2) is 26.9 Å². The molecule has 0 saturated carbocycles. The number of benzene rings is 2. The summed E-state index contributed by atoms with van der Waals surface area (Å²) in [5, 5.41) is 0. The second-order valence-corrected chi connectivity index (χ2v) is 7.52. The number of aryl methyl sites for hydroxylation is 1. The largest absolute Gasteiger partial charge is 0.331 e. The predicted molar refractivity (Wildman–Crippen MR) is 106 cm³/mol. The first-order valence-electron chi connectivity index (χ1n) is 9.69. The number of carbonyl (C=O) groups is 1. The number of hydrogen-bond acceptors (Lipinski definition) is 2. The SMILES string of the molecule is CCCn1c(CN(CC(C)C)C(=O)c2ccc(F)c(F)c2)nc2ccc(F)cc21. The summed E-state index contributed by atoms with van der Waals surface area (Å²) in [6, 6.07) is 7.54. The van der Waals surface area contributed by atoms with E-state index in [4.69, 9.17) is 0 Å². The molecule has 1 aromatic heterocycles. The lowest BCUT2D eigenvalue weighted by Gasteiger charge is -2.25. The highest BCUT2D eigenvalue weighted by Crippen LogP contribution is 2.21. The van der Waals surface area contributed by atoms with E-state index in [1.165, 1.54) is 18.2 Å². The number of amides is 1. The molecule has 0 radical (unpaired) electrons. The van der Waals surface area contributed by atoms with Crippen LogP contribution in [0.1, 0.15) is 43.4 Å². The summed E-state index contributed by atoms with van der Waals surface area (Å²) < 4.78 is 42.6. The molecule has 0 aliphatic rings. The number of halogens is 3. The van der Waals surface area contributed by atoms with Gasteiger partial charge in [-0.05, 0) is 48.7 Å². The molecule has 0 bridgehead atoms. The number of carbonyl (C=O) groups excluding carboxylic acids is 1. The van der Waals surface area contributed by atoms with Crippen molar-refractivity contribution in [3.8, 4) is 0 Å². The molecule has 154 valence electrons. The Balaban J connectivity index is 1.99. The quantitative estimate of drug-likeness (QED) is 0.546. The van der Waals surface area contributed by atoms with Gasteiger partial charge in [-0.3, -0.25) is 4.79 Å². The van der Waals surface area contributed by atoms with Crippen molar-refractivity contribution >= 4 is 16.9 Å². The van der Waals surface area contributed by atoms with Crippen molar-refractivity contribution in [2.45, 2.75) is 40.3 Å². The predicted octanol–water partition coefficient (Wildman–Crippen LogP) is 5.16. The van der Waals surface area contributed by atoms with E-state index in [-0.39, 0.29) is 23.8 Å². The molecule has 2 aromatic carbocycles. The maximum Gasteiger partial charge on any atom is 0.254 e. The van der Waals surface area contributed by atoms with Crippen LogP contribution in [-0.2, 0) is 13.1 Å². The standard InChI is InChI=1S/C22H24F3N3O/c1-4-9-28-20-11-16(23)6-8-19(20)26-21(28)13-27(12-14(2)3)22(29)15-5-7-17(24)18(25)10-15/h5-8,10-11,14H,4,9,12-13H2,1-3H3. The Hall–Kier alpha value is -2.83. The Labute approximate surface area is 168 Å². The Morgan fingerprint density at radius 3 is 2.52 bits per heavy atom. The normalized spacial score (nSPS) is 11.4. The summed E-state index contributed by atoms with van der Waals surface area (Å²) in [5.74, 6) is -2.02. The van der Waals surface area contributed by atoms with Gasteiger partial charge in [0.05, 0.1) is 17.6 Å². The van der Waals surface area contributed by atoms with Gasteiger partial charge in [-0.2, -0.15) is 0 Å². The molecule has 0 saturated heterocycles. The van der Waals surface area contributed by atoms with Gasteiger partial charge in [0, 0.05) is 18.7 Å². The van der Waals surface area contributed by atoms with Crippen molar-refractivity contribution < 1.29 is 18.0 Å². The minimum atomic E-state index is -1.06. The molecule has 0 N–H and O–H groups in total. The van der Waals surface area contributed by atoms with E-state index in [0.717, 1.165) is 18.6 Å². The van der Waals surface area contributed by atoms with Crippen LogP contribution in [0.3, 0.4) is 0 Å². The molecule has 29 heavy (non-hydrogen) atoms. The van der Waals surface area contributed by atoms with Crippen molar-refractivity contribution in [3.63, 3.8) is 0 Å². The van der Waals surface area contributed by atoms with Gasteiger partial charge < -0.3 is 9.47 Å². The molecule has 0 atom stereocenters. The molecule has 3 rings (SSSR count). The van der Waals surface area contributed by atoms with Crippen LogP contribution in [0.5, 0.6) is 0 Å². The highest BCUT2D eigenvalue weighted by molar-refractivity contribution is 5.94. The van der Waals surface area contributed by atoms with E-state index in [1.807, 2.05) is 25.3 Å². The van der Waals surface area contributed by atoms with Crippen LogP contribution in [0.4, 0.5) is 13.2 Å². The molecule has 0 aliphatic heterocycles. The third-order valence-corrected chi connectivity index (χ3v) is 4.61. The van der Waals surface area contributed by atoms with E-state index in [1.54, 1.807) is 11.0 Å². The second kappa shape index (κ2) is 8.68. The fourth-order valence-electron chi connectivity index (χ4n) is 3.38. The van der Waals surface area contributed by atoms with Crippen LogP contribution in [0.25, 0.3) is 11.0 Å². The number of imidazole rings is 1. The topological polar surface area (TPSA) is 38.1 Å². The fraction of sp³-hybridized carbons (Fsp3) is 0.364. The first kappa shape index (κ1) is 20.9. The zero-order valence-electron chi connectivity index (χ0n) is 16.8. The summed E-state index contributed by atoms with van der Waals surface area (Å²) in [6.45, 7) is 7.18. The highest BCUT2D eigenvalue weighted by atomic mass is 19.2. The van der Waals surface area contributed by atoms with E-state index in [0.29, 0.717) is 29.9 Å². The Bertz CT molecular complexity index is 1030. The molecule has 3 aromatic rings. The molecular weight excluding hydrogens is 379 g/mol. The lowest BCUT2D eigenvalue weighted by atomic mass is 10.1. The van der Waals surface area contributed by atoms with Crippen molar-refractivity contribution in [1.82, 2.24) is 14.5 Å². The van der Waals surface area contributed by atoms with Gasteiger partial charge in [0.2, 0.25) is 0 Å². The van der Waals surface area contributed by atoms with Gasteiger partial charge in [-0.1, -0.05) is 20.8 Å². The van der Waals surface area contributed by atoms with Crippen LogP contribution >= 0.6 is 0 Å². The maximum absolute atomic E-state index is 13.7. The van der Waals surface area contributed by atoms with E-state index in [9.17, 15) is 18.0 Å². The molecule has 1 amide bonds. The minimum absolute atomic E-state index is 0.0775. The summed E-state index contributed by atoms with van der Waals surface area (Å²) >= 11 is 0. The summed E-state index contributed by atoms with van der Waals surface area (Å²) in [6.07, 6.45) is 0.816. The number of hydrogen-bond donors (Lipinski definition) is 0. The first-order chi connectivity index (χ1) is 13.8. The van der Waals surface area contributed by atoms with Gasteiger partial charge in [-0.25, -0.2) is 18.2 Å². The molecule has 0 fully saturated rings. The lowest BCUT2D eigenvalue weighted by Crippen LogP contribution is -2.35. The third-order valence-electron chi connectivity index (χ3n) is 4.61. The average molecular weight is 403 g/mol. The zero-order chi connectivity index (χ0) is 21.1. The lowest BCUT2D eigenvalue weighted by molar-refractivity contribution is 0.0715. The number of rotatable bonds is 7. The molecule has 0 unspecified atom stereocenters. The Morgan fingerprint density at radius 2 is 1.86 bits per heavy atom. The first-order valence-corrected chi connectivity index (χ1v) is 9.69. The van der Waals surface area contributed by atoms with Crippen LogP contribution in [0.15, 0.2) is 36.4 Å². The van der Waals surface area contributed by atoms with Crippen LogP contribution in [0, 0.1) is 23.4 Å². The zero-order valence-corrected chi connectivity index (χ0v) is 16.8. The van der Waals surface area contributed by atoms with Crippen molar-refractivity contribution in [2.24, 2.45) is 5.92 Å². The van der Waals surface area contributed by atoms with Gasteiger partial charge in [0.15, 0.2) is 11.6 Å². The number of nitrogens with zero attached hydrogens (tertiary/aromatic N) is 3. The van der Waals surface area contributed by atoms with Crippen LogP contribution in [0.2, 0.25) is 0 Å². The summed E-state index contributed by atoms with van der Waals surface area (Å²) in [5.41, 5.74) is 1.40. The van der Waals surface area contributed by atoms with Gasteiger partial charge in [0.25, 0.3) is 5.91 Å². The van der Waals surface area contributed by atoms with E-state index in [2.05, 4.69) is 4.98 Å². The van der Waals surface area contributed by atoms with Gasteiger partial charge in [-0.15, -0.1) is 0 Å². The molecule has 1 heterocycles. The van der Waals surface area contributed by atoms with Crippen molar-refractivity contribution in [1.29, 1.82) is 0 Å². The highest BCUT2D eigenvalue weighted by Gasteiger charge is 2.22. The average Bonchev–Trinajstić information content (AvgIpc) is 2.99. The fourth-order valence-corrected chi connectivity index (χ4v) is 3.38. The van der Waals surface area contributed by atoms with Crippen molar-refractivity contribution in [2.75, 3.05) is 6.54 Å². The van der Waals surface area contributed by atoms with Crippen LogP contribution < -0.4 is 0 Å². The molecule has 7 heteroatoms. The smallest absolute Gasteiger partial charge is 0.254 e. The third kappa shape index (κ3) is 4.60. The van der Waals surface area contributed by atoms with Gasteiger partial charge in [0.1, 0.15) is 11.6 Å². The van der Waals surface area contributed by atoms with E-state index < -0.39 is 17.5 Å². The molecule has 0 aliphatic carbocycles. The number of aromatic nitrogens is 2. The maximum atomic E-state index is 13.7. The monoisotopic (exact) mass is 403 g/mol. The molecule has 4 nitrogen and oxygen atoms in total. The minimum Gasteiger partial charge on any atom is -0.331 e. The van der Waals surface area contributed by atoms with Gasteiger partial charge >= 0.3 is 0 Å². The summed E-state index contributed by atoms with van der Waals surface area (Å²) in [4.78, 5) is 19.2. The Kier molecular flexibility index (Phi) is 6.25. The van der Waals surface area contributed by atoms with Crippen molar-refractivity contribution in [3.05, 3.63) is 65.2 Å². The molecular formula is C22H24F3N3O. The Morgan fingerprint density at radius 1 is 1.10 bits per heavy atom. The molecule has 0 spiro atoms. The van der Waals surface area contributed by atoms with E-state index >= 15 is 0 Å². The number of fused-ring (bicyclic) bond motifs is 1. The second-order valence-electron chi connectivity index (χ2n) is 7.52.